The zero-order chi connectivity index (χ0) is 16.8. The van der Waals surface area contributed by atoms with Gasteiger partial charge in [0.2, 0.25) is 0 Å². The van der Waals surface area contributed by atoms with Crippen LogP contribution in [-0.2, 0) is 6.54 Å². The summed E-state index contributed by atoms with van der Waals surface area (Å²) < 4.78 is 0. The van der Waals surface area contributed by atoms with E-state index in [9.17, 15) is 0 Å². The quantitative estimate of drug-likeness (QED) is 0.680. The van der Waals surface area contributed by atoms with Gasteiger partial charge >= 0.3 is 0 Å². The maximum absolute atomic E-state index is 4.54. The monoisotopic (exact) mass is 349 g/mol. The van der Waals surface area contributed by atoms with Crippen LogP contribution >= 0.6 is 11.3 Å². The molecule has 0 spiro atoms. The molecule has 0 amide bonds. The minimum absolute atomic E-state index is 0.459. The van der Waals surface area contributed by atoms with E-state index >= 15 is 0 Å². The predicted molar refractivity (Wildman–Crippen MR) is 106 cm³/mol. The molecule has 0 saturated carbocycles. The van der Waals surface area contributed by atoms with Crippen LogP contribution in [0.15, 0.2) is 42.6 Å². The summed E-state index contributed by atoms with van der Waals surface area (Å²) in [5.74, 6) is 0.459. The van der Waals surface area contributed by atoms with Crippen LogP contribution in [0, 0.1) is 0 Å². The molecule has 1 aromatic carbocycles. The normalized spacial score (nSPS) is 21.0. The van der Waals surface area contributed by atoms with Crippen LogP contribution in [0.25, 0.3) is 10.2 Å². The number of anilines is 1. The molecule has 0 bridgehead atoms. The molecule has 2 aliphatic heterocycles. The zero-order valence-corrected chi connectivity index (χ0v) is 15.4. The van der Waals surface area contributed by atoms with Gasteiger partial charge in [0.1, 0.15) is 4.83 Å². The number of pyridine rings is 1. The van der Waals surface area contributed by atoms with E-state index in [0.717, 1.165) is 17.9 Å². The molecule has 0 aliphatic carbocycles. The van der Waals surface area contributed by atoms with Gasteiger partial charge in [0.25, 0.3) is 0 Å². The summed E-state index contributed by atoms with van der Waals surface area (Å²) in [7, 11) is 2.24. The molecule has 0 N–H and O–H groups in total. The number of hydrogen-bond donors (Lipinski definition) is 0. The van der Waals surface area contributed by atoms with E-state index in [1.54, 1.807) is 0 Å². The Labute approximate surface area is 152 Å². The summed E-state index contributed by atoms with van der Waals surface area (Å²) >= 11 is 1.85. The van der Waals surface area contributed by atoms with Gasteiger partial charge in [-0.15, -0.1) is 11.3 Å². The standard InChI is InChI=1S/C21H23N3S/c1-23-13-16-11-17(24-9-2-3-10-24)6-7-18(16)19(14-23)20-12-15-5-4-8-22-21(15)25-20/h4-8,11-12,19H,2-3,9-10,13-14H2,1H3. The lowest BCUT2D eigenvalue weighted by Crippen LogP contribution is -2.31. The van der Waals surface area contributed by atoms with Crippen molar-refractivity contribution in [2.45, 2.75) is 25.3 Å². The Bertz CT molecular complexity index is 877. The summed E-state index contributed by atoms with van der Waals surface area (Å²) in [6.07, 6.45) is 4.55. The molecular formula is C21H23N3S. The van der Waals surface area contributed by atoms with Crippen LogP contribution < -0.4 is 4.90 Å². The average Bonchev–Trinajstić information content (AvgIpc) is 3.30. The van der Waals surface area contributed by atoms with E-state index in [2.05, 4.69) is 52.2 Å². The number of fused-ring (bicyclic) bond motifs is 2. The molecule has 2 aliphatic rings. The highest BCUT2D eigenvalue weighted by Gasteiger charge is 2.27. The lowest BCUT2D eigenvalue weighted by atomic mass is 9.88. The Hall–Kier alpha value is -1.91. The van der Waals surface area contributed by atoms with Crippen molar-refractivity contribution in [3.8, 4) is 0 Å². The van der Waals surface area contributed by atoms with Gasteiger partial charge in [-0.1, -0.05) is 12.1 Å². The van der Waals surface area contributed by atoms with Crippen molar-refractivity contribution < 1.29 is 0 Å². The van der Waals surface area contributed by atoms with Gasteiger partial charge in [0.15, 0.2) is 0 Å². The van der Waals surface area contributed by atoms with Crippen molar-refractivity contribution >= 4 is 27.2 Å². The van der Waals surface area contributed by atoms with Crippen molar-refractivity contribution in [1.29, 1.82) is 0 Å². The lowest BCUT2D eigenvalue weighted by molar-refractivity contribution is 0.296. The van der Waals surface area contributed by atoms with Crippen molar-refractivity contribution in [2.75, 3.05) is 31.6 Å². The highest BCUT2D eigenvalue weighted by Crippen LogP contribution is 2.39. The number of benzene rings is 1. The first-order valence-corrected chi connectivity index (χ1v) is 10.0. The first-order valence-electron chi connectivity index (χ1n) is 9.19. The van der Waals surface area contributed by atoms with E-state index < -0.39 is 0 Å². The Morgan fingerprint density at radius 2 is 2.00 bits per heavy atom. The summed E-state index contributed by atoms with van der Waals surface area (Å²) in [5.41, 5.74) is 4.41. The number of rotatable bonds is 2. The Balaban J connectivity index is 1.55. The number of thiophene rings is 1. The maximum Gasteiger partial charge on any atom is 0.123 e. The number of hydrogen-bond acceptors (Lipinski definition) is 4. The molecule has 1 atom stereocenters. The van der Waals surface area contributed by atoms with E-state index in [4.69, 9.17) is 0 Å². The molecule has 5 rings (SSSR count). The smallest absolute Gasteiger partial charge is 0.123 e. The Kier molecular flexibility index (Phi) is 3.75. The van der Waals surface area contributed by atoms with Crippen LogP contribution in [0.3, 0.4) is 0 Å². The average molecular weight is 350 g/mol. The van der Waals surface area contributed by atoms with Crippen molar-refractivity contribution in [1.82, 2.24) is 9.88 Å². The molecule has 1 saturated heterocycles. The molecule has 2 aromatic heterocycles. The molecule has 3 nitrogen and oxygen atoms in total. The molecule has 25 heavy (non-hydrogen) atoms. The highest BCUT2D eigenvalue weighted by atomic mass is 32.1. The predicted octanol–water partition coefficient (Wildman–Crippen LogP) is 4.47. The number of aromatic nitrogens is 1. The van der Waals surface area contributed by atoms with Gasteiger partial charge < -0.3 is 9.80 Å². The SMILES string of the molecule is CN1Cc2cc(N3CCCC3)ccc2C(c2cc3cccnc3s2)C1. The third kappa shape index (κ3) is 2.74. The van der Waals surface area contributed by atoms with Gasteiger partial charge in [-0.05, 0) is 55.3 Å². The number of likely N-dealkylation sites (N-methyl/N-ethyl adjacent to an activating group) is 1. The second-order valence-electron chi connectivity index (χ2n) is 7.37. The number of nitrogens with zero attached hydrogens (tertiary/aromatic N) is 3. The van der Waals surface area contributed by atoms with E-state index in [1.165, 1.54) is 53.0 Å². The zero-order valence-electron chi connectivity index (χ0n) is 14.6. The van der Waals surface area contributed by atoms with E-state index in [0.29, 0.717) is 5.92 Å². The van der Waals surface area contributed by atoms with Gasteiger partial charge in [0.05, 0.1) is 0 Å². The van der Waals surface area contributed by atoms with Gasteiger partial charge in [-0.2, -0.15) is 0 Å². The van der Waals surface area contributed by atoms with E-state index in [-0.39, 0.29) is 0 Å². The summed E-state index contributed by atoms with van der Waals surface area (Å²) in [4.78, 5) is 12.1. The molecule has 4 heteroatoms. The summed E-state index contributed by atoms with van der Waals surface area (Å²) in [5, 5.41) is 1.27. The fraction of sp³-hybridized carbons (Fsp3) is 0.381. The maximum atomic E-state index is 4.54. The van der Waals surface area contributed by atoms with Gasteiger partial charge in [0, 0.05) is 54.2 Å². The topological polar surface area (TPSA) is 19.4 Å². The fourth-order valence-electron chi connectivity index (χ4n) is 4.31. The Morgan fingerprint density at radius 3 is 2.84 bits per heavy atom. The first kappa shape index (κ1) is 15.4. The summed E-state index contributed by atoms with van der Waals surface area (Å²) in [6.45, 7) is 4.56. The van der Waals surface area contributed by atoms with Crippen molar-refractivity contribution in [3.63, 3.8) is 0 Å². The molecule has 1 fully saturated rings. The van der Waals surface area contributed by atoms with Crippen LogP contribution in [-0.4, -0.2) is 36.6 Å². The molecule has 0 radical (unpaired) electrons. The van der Waals surface area contributed by atoms with Crippen LogP contribution in [0.4, 0.5) is 5.69 Å². The van der Waals surface area contributed by atoms with Crippen molar-refractivity contribution in [3.05, 3.63) is 58.6 Å². The molecule has 3 aromatic rings. The summed E-state index contributed by atoms with van der Waals surface area (Å²) in [6, 6.07) is 13.7. The first-order chi connectivity index (χ1) is 12.3. The third-order valence-corrected chi connectivity index (χ3v) is 6.74. The molecule has 128 valence electrons. The van der Waals surface area contributed by atoms with Crippen LogP contribution in [0.2, 0.25) is 0 Å². The van der Waals surface area contributed by atoms with Crippen LogP contribution in [0.1, 0.15) is 34.8 Å². The van der Waals surface area contributed by atoms with Gasteiger partial charge in [-0.25, -0.2) is 4.98 Å². The fourth-order valence-corrected chi connectivity index (χ4v) is 5.43. The molecular weight excluding hydrogens is 326 g/mol. The highest BCUT2D eigenvalue weighted by molar-refractivity contribution is 7.18. The largest absolute Gasteiger partial charge is 0.372 e. The van der Waals surface area contributed by atoms with Crippen LogP contribution in [0.5, 0.6) is 0 Å². The molecule has 4 heterocycles. The molecule has 1 unspecified atom stereocenters. The van der Waals surface area contributed by atoms with Crippen molar-refractivity contribution in [2.24, 2.45) is 0 Å². The third-order valence-electron chi connectivity index (χ3n) is 5.56. The van der Waals surface area contributed by atoms with E-state index in [1.807, 2.05) is 23.6 Å². The second kappa shape index (κ2) is 6.11. The van der Waals surface area contributed by atoms with Gasteiger partial charge in [-0.3, -0.25) is 0 Å². The second-order valence-corrected chi connectivity index (χ2v) is 8.44. The lowest BCUT2D eigenvalue weighted by Gasteiger charge is -2.33. The Morgan fingerprint density at radius 1 is 1.12 bits per heavy atom. The minimum Gasteiger partial charge on any atom is -0.372 e. The minimum atomic E-state index is 0.459.